The predicted molar refractivity (Wildman–Crippen MR) is 71.6 cm³/mol. The van der Waals surface area contributed by atoms with Gasteiger partial charge in [0.15, 0.2) is 0 Å². The van der Waals surface area contributed by atoms with Crippen LogP contribution in [0.4, 0.5) is 0 Å². The van der Waals surface area contributed by atoms with Crippen molar-refractivity contribution < 1.29 is 4.79 Å². The van der Waals surface area contributed by atoms with Crippen molar-refractivity contribution in [2.75, 3.05) is 0 Å². The Kier molecular flexibility index (Phi) is 9.66. The second-order valence-electron chi connectivity index (χ2n) is 5.27. The fourth-order valence-electron chi connectivity index (χ4n) is 2.29. The molecule has 0 aromatic heterocycles. The van der Waals surface area contributed by atoms with Gasteiger partial charge in [-0.2, -0.15) is 0 Å². The maximum absolute atomic E-state index is 10.5. The fourth-order valence-corrected chi connectivity index (χ4v) is 2.29. The van der Waals surface area contributed by atoms with Crippen molar-refractivity contribution in [3.8, 4) is 0 Å². The molecular weight excluding hydrogens is 196 g/mol. The van der Waals surface area contributed by atoms with Gasteiger partial charge in [-0.05, 0) is 5.92 Å². The normalized spacial score (nSPS) is 16.8. The molecule has 1 heteroatoms. The molecule has 0 heterocycles. The van der Waals surface area contributed by atoms with Crippen molar-refractivity contribution in [2.45, 2.75) is 79.1 Å². The Morgan fingerprint density at radius 2 is 1.69 bits per heavy atom. The molecule has 1 aliphatic carbocycles. The Labute approximate surface area is 102 Å². The topological polar surface area (TPSA) is 17.1 Å². The van der Waals surface area contributed by atoms with E-state index < -0.39 is 0 Å². The first kappa shape index (κ1) is 15.7. The van der Waals surface area contributed by atoms with Gasteiger partial charge in [-0.3, -0.25) is 4.79 Å². The van der Waals surface area contributed by atoms with Crippen LogP contribution >= 0.6 is 0 Å². The number of Topliss-reactive ketones (excluding diaryl/α,β-unsaturated/α-hetero) is 1. The Bertz CT molecular complexity index is 164. The Morgan fingerprint density at radius 1 is 1.12 bits per heavy atom. The average Bonchev–Trinajstić information content (AvgIpc) is 2.30. The molecule has 0 radical (unpaired) electrons. The number of hydrogen-bond acceptors (Lipinski definition) is 1. The third kappa shape index (κ3) is 7.90. The summed E-state index contributed by atoms with van der Waals surface area (Å²) in [5.41, 5.74) is 0. The van der Waals surface area contributed by atoms with E-state index in [0.717, 1.165) is 5.92 Å². The molecule has 96 valence electrons. The van der Waals surface area contributed by atoms with E-state index in [0.29, 0.717) is 12.2 Å². The minimum atomic E-state index is 0.227. The maximum Gasteiger partial charge on any atom is 0.135 e. The van der Waals surface area contributed by atoms with Gasteiger partial charge in [0.2, 0.25) is 0 Å². The first-order chi connectivity index (χ1) is 7.61. The lowest BCUT2D eigenvalue weighted by Crippen LogP contribution is -2.04. The average molecular weight is 226 g/mol. The summed E-state index contributed by atoms with van der Waals surface area (Å²) in [6, 6.07) is 0. The molecule has 0 aromatic rings. The number of hydrogen-bond donors (Lipinski definition) is 0. The van der Waals surface area contributed by atoms with Crippen LogP contribution in [0.15, 0.2) is 0 Å². The second-order valence-corrected chi connectivity index (χ2v) is 5.27. The first-order valence-electron chi connectivity index (χ1n) is 7.14. The molecule has 16 heavy (non-hydrogen) atoms. The van der Waals surface area contributed by atoms with Crippen molar-refractivity contribution in [1.29, 1.82) is 0 Å². The standard InChI is InChI=1S/C9H18.C6H12O/c1-2-6-9-7-4-3-5-8-9;1-4-6(7)5(2)3/h9H,2-8H2,1H3;5H,4H2,1-3H3. The Morgan fingerprint density at radius 3 is 2.00 bits per heavy atom. The highest BCUT2D eigenvalue weighted by Gasteiger charge is 2.11. The highest BCUT2D eigenvalue weighted by Crippen LogP contribution is 2.26. The van der Waals surface area contributed by atoms with Gasteiger partial charge in [0, 0.05) is 12.3 Å². The third-order valence-corrected chi connectivity index (χ3v) is 3.41. The summed E-state index contributed by atoms with van der Waals surface area (Å²) in [4.78, 5) is 10.5. The molecule has 0 bridgehead atoms. The van der Waals surface area contributed by atoms with Gasteiger partial charge in [0.25, 0.3) is 0 Å². The van der Waals surface area contributed by atoms with E-state index in [-0.39, 0.29) is 5.92 Å². The lowest BCUT2D eigenvalue weighted by atomic mass is 9.86. The molecule has 0 N–H and O–H groups in total. The molecule has 1 nitrogen and oxygen atoms in total. The van der Waals surface area contributed by atoms with E-state index in [9.17, 15) is 4.79 Å². The Hall–Kier alpha value is -0.330. The van der Waals surface area contributed by atoms with Crippen LogP contribution in [0.2, 0.25) is 0 Å². The van der Waals surface area contributed by atoms with E-state index in [1.165, 1.54) is 44.9 Å². The van der Waals surface area contributed by atoms with E-state index in [1.807, 2.05) is 20.8 Å². The van der Waals surface area contributed by atoms with Crippen LogP contribution in [0, 0.1) is 11.8 Å². The van der Waals surface area contributed by atoms with Crippen molar-refractivity contribution in [3.05, 3.63) is 0 Å². The zero-order chi connectivity index (χ0) is 12.4. The second kappa shape index (κ2) is 9.86. The SMILES string of the molecule is CCC(=O)C(C)C.CCCC1CCCCC1. The molecule has 1 rings (SSSR count). The quantitative estimate of drug-likeness (QED) is 0.660. The summed E-state index contributed by atoms with van der Waals surface area (Å²) < 4.78 is 0. The van der Waals surface area contributed by atoms with Gasteiger partial charge >= 0.3 is 0 Å². The summed E-state index contributed by atoms with van der Waals surface area (Å²) in [6.07, 6.45) is 11.1. The third-order valence-electron chi connectivity index (χ3n) is 3.41. The van der Waals surface area contributed by atoms with E-state index in [4.69, 9.17) is 0 Å². The van der Waals surface area contributed by atoms with Crippen molar-refractivity contribution in [2.24, 2.45) is 11.8 Å². The fraction of sp³-hybridized carbons (Fsp3) is 0.933. The predicted octanol–water partition coefficient (Wildman–Crippen LogP) is 4.99. The van der Waals surface area contributed by atoms with Gasteiger partial charge in [-0.1, -0.05) is 72.6 Å². The highest BCUT2D eigenvalue weighted by atomic mass is 16.1. The van der Waals surface area contributed by atoms with Crippen LogP contribution in [-0.4, -0.2) is 5.78 Å². The molecule has 0 saturated heterocycles. The summed E-state index contributed by atoms with van der Waals surface area (Å²) in [6.45, 7) is 8.04. The van der Waals surface area contributed by atoms with Gasteiger partial charge in [0.1, 0.15) is 5.78 Å². The van der Waals surface area contributed by atoms with E-state index in [1.54, 1.807) is 0 Å². The highest BCUT2D eigenvalue weighted by molar-refractivity contribution is 5.79. The van der Waals surface area contributed by atoms with Crippen molar-refractivity contribution >= 4 is 5.78 Å². The Balaban J connectivity index is 0.000000293. The molecule has 1 aliphatic rings. The van der Waals surface area contributed by atoms with Crippen molar-refractivity contribution in [1.82, 2.24) is 0 Å². The number of carbonyl (C=O) groups is 1. The molecule has 1 saturated carbocycles. The van der Waals surface area contributed by atoms with E-state index in [2.05, 4.69) is 6.92 Å². The molecular formula is C15H30O. The lowest BCUT2D eigenvalue weighted by molar-refractivity contribution is -0.121. The summed E-state index contributed by atoms with van der Waals surface area (Å²) >= 11 is 0. The smallest absolute Gasteiger partial charge is 0.135 e. The molecule has 0 aliphatic heterocycles. The van der Waals surface area contributed by atoms with E-state index >= 15 is 0 Å². The van der Waals surface area contributed by atoms with Gasteiger partial charge < -0.3 is 0 Å². The molecule has 1 fully saturated rings. The largest absolute Gasteiger partial charge is 0.299 e. The number of carbonyl (C=O) groups excluding carboxylic acids is 1. The minimum absolute atomic E-state index is 0.227. The number of ketones is 1. The summed E-state index contributed by atoms with van der Waals surface area (Å²) in [7, 11) is 0. The van der Waals surface area contributed by atoms with Crippen LogP contribution in [0.1, 0.15) is 79.1 Å². The van der Waals surface area contributed by atoms with Gasteiger partial charge in [-0.15, -0.1) is 0 Å². The number of rotatable bonds is 4. The van der Waals surface area contributed by atoms with Gasteiger partial charge in [-0.25, -0.2) is 0 Å². The molecule has 0 unspecified atom stereocenters. The zero-order valence-corrected chi connectivity index (χ0v) is 11.7. The summed E-state index contributed by atoms with van der Waals surface area (Å²) in [5, 5.41) is 0. The first-order valence-corrected chi connectivity index (χ1v) is 7.14. The zero-order valence-electron chi connectivity index (χ0n) is 11.7. The van der Waals surface area contributed by atoms with Crippen LogP contribution in [-0.2, 0) is 4.79 Å². The molecule has 0 amide bonds. The molecule has 0 aromatic carbocycles. The summed E-state index contributed by atoms with van der Waals surface area (Å²) in [5.74, 6) is 1.67. The molecule has 0 atom stereocenters. The van der Waals surface area contributed by atoms with Crippen LogP contribution in [0.3, 0.4) is 0 Å². The van der Waals surface area contributed by atoms with Crippen LogP contribution < -0.4 is 0 Å². The monoisotopic (exact) mass is 226 g/mol. The lowest BCUT2D eigenvalue weighted by Gasteiger charge is -2.20. The molecule has 0 spiro atoms. The van der Waals surface area contributed by atoms with Crippen LogP contribution in [0.25, 0.3) is 0 Å². The van der Waals surface area contributed by atoms with Crippen molar-refractivity contribution in [3.63, 3.8) is 0 Å². The van der Waals surface area contributed by atoms with Gasteiger partial charge in [0.05, 0.1) is 0 Å². The van der Waals surface area contributed by atoms with Crippen LogP contribution in [0.5, 0.6) is 0 Å². The maximum atomic E-state index is 10.5. The minimum Gasteiger partial charge on any atom is -0.299 e.